The Morgan fingerprint density at radius 1 is 0.872 bits per heavy atom. The number of ether oxygens (including phenoxy) is 2. The SMILES string of the molecule is COc1ccc(CCNC(=O)c2ccc(CNC3=C(Cl)C(=O)N(Cc4ccccc4Cl)C3=O)cc2)cc1OC. The molecular weight excluding hydrogens is 541 g/mol. The maximum Gasteiger partial charge on any atom is 0.278 e. The van der Waals surface area contributed by atoms with Crippen molar-refractivity contribution in [1.82, 2.24) is 15.5 Å². The van der Waals surface area contributed by atoms with Gasteiger partial charge in [-0.2, -0.15) is 0 Å². The number of hydrogen-bond acceptors (Lipinski definition) is 6. The first-order chi connectivity index (χ1) is 18.8. The number of benzene rings is 3. The van der Waals surface area contributed by atoms with Gasteiger partial charge in [0.15, 0.2) is 11.5 Å². The zero-order valence-electron chi connectivity index (χ0n) is 21.4. The van der Waals surface area contributed by atoms with Crippen molar-refractivity contribution in [1.29, 1.82) is 0 Å². The maximum atomic E-state index is 12.9. The van der Waals surface area contributed by atoms with Crippen molar-refractivity contribution in [3.8, 4) is 11.5 Å². The third-order valence-corrected chi connectivity index (χ3v) is 6.95. The molecule has 1 aliphatic heterocycles. The Kier molecular flexibility index (Phi) is 9.11. The third kappa shape index (κ3) is 6.53. The van der Waals surface area contributed by atoms with E-state index in [1.807, 2.05) is 18.2 Å². The van der Waals surface area contributed by atoms with Crippen LogP contribution in [0.4, 0.5) is 0 Å². The molecule has 0 radical (unpaired) electrons. The molecular formula is C29H27Cl2N3O5. The summed E-state index contributed by atoms with van der Waals surface area (Å²) in [5, 5.41) is 6.16. The fourth-order valence-electron chi connectivity index (χ4n) is 4.06. The molecule has 0 spiro atoms. The van der Waals surface area contributed by atoms with Crippen LogP contribution >= 0.6 is 23.2 Å². The van der Waals surface area contributed by atoms with Crippen molar-refractivity contribution in [3.05, 3.63) is 105 Å². The fourth-order valence-corrected chi connectivity index (χ4v) is 4.51. The lowest BCUT2D eigenvalue weighted by Gasteiger charge is -2.16. The second kappa shape index (κ2) is 12.7. The number of imide groups is 1. The molecule has 202 valence electrons. The zero-order chi connectivity index (χ0) is 27.9. The van der Waals surface area contributed by atoms with Crippen LogP contribution in [-0.4, -0.2) is 43.4 Å². The second-order valence-corrected chi connectivity index (χ2v) is 9.51. The molecule has 0 unspecified atom stereocenters. The molecule has 1 heterocycles. The van der Waals surface area contributed by atoms with Crippen LogP contribution in [0.15, 0.2) is 77.5 Å². The van der Waals surface area contributed by atoms with Crippen LogP contribution in [0.1, 0.15) is 27.0 Å². The highest BCUT2D eigenvalue weighted by atomic mass is 35.5. The van der Waals surface area contributed by atoms with Crippen molar-refractivity contribution in [2.75, 3.05) is 20.8 Å². The molecule has 8 nitrogen and oxygen atoms in total. The Labute approximate surface area is 236 Å². The minimum Gasteiger partial charge on any atom is -0.493 e. The lowest BCUT2D eigenvalue weighted by atomic mass is 10.1. The first-order valence-electron chi connectivity index (χ1n) is 12.1. The van der Waals surface area contributed by atoms with Gasteiger partial charge in [0.05, 0.1) is 20.8 Å². The summed E-state index contributed by atoms with van der Waals surface area (Å²) in [6.45, 7) is 0.714. The summed E-state index contributed by atoms with van der Waals surface area (Å²) in [4.78, 5) is 39.1. The smallest absolute Gasteiger partial charge is 0.278 e. The van der Waals surface area contributed by atoms with Crippen molar-refractivity contribution in [3.63, 3.8) is 0 Å². The number of carbonyl (C=O) groups is 3. The molecule has 0 aliphatic carbocycles. The van der Waals surface area contributed by atoms with E-state index in [2.05, 4.69) is 10.6 Å². The zero-order valence-corrected chi connectivity index (χ0v) is 22.9. The second-order valence-electron chi connectivity index (χ2n) is 8.72. The van der Waals surface area contributed by atoms with Gasteiger partial charge < -0.3 is 20.1 Å². The molecule has 0 saturated heterocycles. The Morgan fingerprint density at radius 3 is 2.26 bits per heavy atom. The number of nitrogens with one attached hydrogen (secondary N) is 2. The van der Waals surface area contributed by atoms with Crippen LogP contribution in [0.3, 0.4) is 0 Å². The van der Waals surface area contributed by atoms with Gasteiger partial charge in [0.2, 0.25) is 0 Å². The van der Waals surface area contributed by atoms with E-state index in [1.54, 1.807) is 62.8 Å². The van der Waals surface area contributed by atoms with E-state index in [4.69, 9.17) is 32.7 Å². The van der Waals surface area contributed by atoms with Crippen LogP contribution in [0, 0.1) is 0 Å². The largest absolute Gasteiger partial charge is 0.493 e. The average Bonchev–Trinajstić information content (AvgIpc) is 3.15. The summed E-state index contributed by atoms with van der Waals surface area (Å²) < 4.78 is 10.6. The number of carbonyl (C=O) groups excluding carboxylic acids is 3. The van der Waals surface area contributed by atoms with Gasteiger partial charge in [0.1, 0.15) is 10.7 Å². The molecule has 3 aromatic carbocycles. The Morgan fingerprint density at radius 2 is 1.56 bits per heavy atom. The molecule has 39 heavy (non-hydrogen) atoms. The number of hydrogen-bond donors (Lipinski definition) is 2. The highest BCUT2D eigenvalue weighted by Crippen LogP contribution is 2.28. The van der Waals surface area contributed by atoms with Gasteiger partial charge >= 0.3 is 0 Å². The maximum absolute atomic E-state index is 12.9. The topological polar surface area (TPSA) is 97.0 Å². The summed E-state index contributed by atoms with van der Waals surface area (Å²) in [6.07, 6.45) is 0.629. The monoisotopic (exact) mass is 567 g/mol. The minimum atomic E-state index is -0.579. The molecule has 0 fully saturated rings. The number of methoxy groups -OCH3 is 2. The van der Waals surface area contributed by atoms with Crippen molar-refractivity contribution >= 4 is 40.9 Å². The van der Waals surface area contributed by atoms with E-state index in [0.717, 1.165) is 16.0 Å². The molecule has 0 atom stereocenters. The predicted octanol–water partition coefficient (Wildman–Crippen LogP) is 4.44. The predicted molar refractivity (Wildman–Crippen MR) is 149 cm³/mol. The Balaban J connectivity index is 1.29. The summed E-state index contributed by atoms with van der Waals surface area (Å²) >= 11 is 12.4. The first kappa shape index (κ1) is 28.0. The number of nitrogens with zero attached hydrogens (tertiary/aromatic N) is 1. The summed E-state index contributed by atoms with van der Waals surface area (Å²) in [6, 6.07) is 19.6. The molecule has 3 amide bonds. The summed E-state index contributed by atoms with van der Waals surface area (Å²) in [7, 11) is 3.16. The van der Waals surface area contributed by atoms with Gasteiger partial charge in [-0.15, -0.1) is 0 Å². The van der Waals surface area contributed by atoms with Crippen LogP contribution < -0.4 is 20.1 Å². The molecule has 0 saturated carbocycles. The Hall–Kier alpha value is -4.01. The lowest BCUT2D eigenvalue weighted by Crippen LogP contribution is -2.33. The quantitative estimate of drug-likeness (QED) is 0.332. The van der Waals surface area contributed by atoms with Gasteiger partial charge in [-0.05, 0) is 53.4 Å². The molecule has 1 aliphatic rings. The normalized spacial score (nSPS) is 13.1. The summed E-state index contributed by atoms with van der Waals surface area (Å²) in [5.74, 6) is -0.0107. The highest BCUT2D eigenvalue weighted by molar-refractivity contribution is 6.47. The van der Waals surface area contributed by atoms with E-state index in [9.17, 15) is 14.4 Å². The average molecular weight is 568 g/mol. The summed E-state index contributed by atoms with van der Waals surface area (Å²) in [5.41, 5.74) is 2.99. The molecule has 10 heteroatoms. The minimum absolute atomic E-state index is 0.0224. The third-order valence-electron chi connectivity index (χ3n) is 6.23. The van der Waals surface area contributed by atoms with Crippen LogP contribution in [0.25, 0.3) is 0 Å². The van der Waals surface area contributed by atoms with Crippen molar-refractivity contribution in [2.45, 2.75) is 19.5 Å². The number of amides is 3. The molecule has 0 aromatic heterocycles. The van der Waals surface area contributed by atoms with Crippen molar-refractivity contribution in [2.24, 2.45) is 0 Å². The van der Waals surface area contributed by atoms with Crippen LogP contribution in [-0.2, 0) is 29.1 Å². The first-order valence-corrected chi connectivity index (χ1v) is 12.9. The lowest BCUT2D eigenvalue weighted by molar-refractivity contribution is -0.138. The molecule has 4 rings (SSSR count). The molecule has 0 bridgehead atoms. The highest BCUT2D eigenvalue weighted by Gasteiger charge is 2.37. The van der Waals surface area contributed by atoms with Gasteiger partial charge in [0.25, 0.3) is 17.7 Å². The van der Waals surface area contributed by atoms with E-state index in [-0.39, 0.29) is 29.7 Å². The number of halogens is 2. The van der Waals surface area contributed by atoms with Gasteiger partial charge in [-0.1, -0.05) is 59.6 Å². The van der Waals surface area contributed by atoms with E-state index >= 15 is 0 Å². The van der Waals surface area contributed by atoms with Gasteiger partial charge in [0, 0.05) is 23.7 Å². The van der Waals surface area contributed by atoms with E-state index < -0.39 is 11.8 Å². The van der Waals surface area contributed by atoms with Crippen LogP contribution in [0.5, 0.6) is 11.5 Å². The van der Waals surface area contributed by atoms with E-state index in [0.29, 0.717) is 40.6 Å². The van der Waals surface area contributed by atoms with Crippen LogP contribution in [0.2, 0.25) is 5.02 Å². The fraction of sp³-hybridized carbons (Fsp3) is 0.207. The van der Waals surface area contributed by atoms with E-state index in [1.165, 1.54) is 0 Å². The van der Waals surface area contributed by atoms with Crippen molar-refractivity contribution < 1.29 is 23.9 Å². The molecule has 3 aromatic rings. The van der Waals surface area contributed by atoms with Gasteiger partial charge in [-0.3, -0.25) is 19.3 Å². The number of rotatable bonds is 11. The Bertz CT molecular complexity index is 1420. The standard InChI is InChI=1S/C29H27Cl2N3O5/c1-38-23-12-9-18(15-24(23)39-2)13-14-32-27(35)20-10-7-19(8-11-20)16-33-26-25(31)28(36)34(29(26)37)17-21-5-3-4-6-22(21)30/h3-12,15,33H,13-14,16-17H2,1-2H3,(H,32,35). The van der Waals surface area contributed by atoms with Gasteiger partial charge in [-0.25, -0.2) is 0 Å². The molecule has 2 N–H and O–H groups in total.